The van der Waals surface area contributed by atoms with E-state index in [4.69, 9.17) is 4.74 Å². The third-order valence-electron chi connectivity index (χ3n) is 4.50. The van der Waals surface area contributed by atoms with Crippen molar-refractivity contribution in [2.75, 3.05) is 20.2 Å². The van der Waals surface area contributed by atoms with E-state index >= 15 is 0 Å². The molecule has 2 aromatic rings. The van der Waals surface area contributed by atoms with Crippen LogP contribution in [-0.2, 0) is 5.75 Å². The number of nitrogens with zero attached hydrogens (tertiary/aromatic N) is 1. The highest BCUT2D eigenvalue weighted by molar-refractivity contribution is 7.98. The topological polar surface area (TPSA) is 12.5 Å². The third-order valence-corrected chi connectivity index (χ3v) is 5.64. The molecule has 0 radical (unpaired) electrons. The maximum Gasteiger partial charge on any atom is 0.119 e. The summed E-state index contributed by atoms with van der Waals surface area (Å²) in [7, 11) is 1.75. The van der Waals surface area contributed by atoms with Gasteiger partial charge in [0.05, 0.1) is 13.2 Å². The minimum Gasteiger partial charge on any atom is -0.497 e. The average Bonchev–Trinajstić information content (AvgIpc) is 2.63. The summed E-state index contributed by atoms with van der Waals surface area (Å²) >= 11 is 1.94. The van der Waals surface area contributed by atoms with E-state index in [1.165, 1.54) is 41.1 Å². The van der Waals surface area contributed by atoms with Crippen molar-refractivity contribution in [2.45, 2.75) is 23.1 Å². The van der Waals surface area contributed by atoms with Gasteiger partial charge >= 0.3 is 0 Å². The predicted octanol–water partition coefficient (Wildman–Crippen LogP) is 4.10. The van der Waals surface area contributed by atoms with Gasteiger partial charge in [0.2, 0.25) is 0 Å². The molecular weight excluding hydrogens is 278 g/mol. The molecule has 4 rings (SSSR count). The van der Waals surface area contributed by atoms with Gasteiger partial charge in [0.25, 0.3) is 0 Å². The summed E-state index contributed by atoms with van der Waals surface area (Å²) < 4.78 is 5.46. The molecule has 1 saturated heterocycles. The number of methoxy groups -OCH3 is 1. The summed E-state index contributed by atoms with van der Waals surface area (Å²) in [5.41, 5.74) is 4.34. The van der Waals surface area contributed by atoms with Crippen molar-refractivity contribution in [3.8, 4) is 5.75 Å². The van der Waals surface area contributed by atoms with Crippen LogP contribution in [-0.4, -0.2) is 25.1 Å². The molecule has 0 aromatic heterocycles. The third kappa shape index (κ3) is 2.25. The predicted molar refractivity (Wildman–Crippen MR) is 87.0 cm³/mol. The van der Waals surface area contributed by atoms with Gasteiger partial charge in [-0.05, 0) is 41.3 Å². The number of benzene rings is 2. The zero-order valence-electron chi connectivity index (χ0n) is 12.2. The van der Waals surface area contributed by atoms with E-state index in [2.05, 4.69) is 47.4 Å². The summed E-state index contributed by atoms with van der Waals surface area (Å²) in [5.74, 6) is 2.01. The highest BCUT2D eigenvalue weighted by atomic mass is 32.2. The van der Waals surface area contributed by atoms with E-state index in [1.807, 2.05) is 11.8 Å². The van der Waals surface area contributed by atoms with Crippen LogP contribution in [0.5, 0.6) is 5.75 Å². The molecule has 0 amide bonds. The number of fused-ring (bicyclic) bond motifs is 2. The van der Waals surface area contributed by atoms with E-state index in [0.717, 1.165) is 11.5 Å². The van der Waals surface area contributed by atoms with Gasteiger partial charge in [0.15, 0.2) is 0 Å². The standard InChI is InChI=1S/C18H19NOS/c1-20-14-7-8-17-16(11-14)18(19-9-4-10-19)15-6-3-2-5-13(15)12-21-17/h2-3,5-8,11,18H,4,9-10,12H2,1H3/t18-/m0/s1. The summed E-state index contributed by atoms with van der Waals surface area (Å²) in [6.45, 7) is 2.39. The molecule has 0 unspecified atom stereocenters. The number of rotatable bonds is 2. The molecule has 2 nitrogen and oxygen atoms in total. The molecule has 0 bridgehead atoms. The van der Waals surface area contributed by atoms with Gasteiger partial charge in [-0.2, -0.15) is 0 Å². The van der Waals surface area contributed by atoms with Crippen molar-refractivity contribution < 1.29 is 4.74 Å². The molecule has 0 N–H and O–H groups in total. The van der Waals surface area contributed by atoms with Gasteiger partial charge in [-0.15, -0.1) is 11.8 Å². The highest BCUT2D eigenvalue weighted by Gasteiger charge is 2.32. The quantitative estimate of drug-likeness (QED) is 0.828. The largest absolute Gasteiger partial charge is 0.497 e. The van der Waals surface area contributed by atoms with Gasteiger partial charge in [0.1, 0.15) is 5.75 Å². The highest BCUT2D eigenvalue weighted by Crippen LogP contribution is 2.44. The van der Waals surface area contributed by atoms with Crippen LogP contribution in [0.4, 0.5) is 0 Å². The monoisotopic (exact) mass is 297 g/mol. The summed E-state index contributed by atoms with van der Waals surface area (Å²) in [6.07, 6.45) is 1.31. The second-order valence-electron chi connectivity index (χ2n) is 5.68. The van der Waals surface area contributed by atoms with Crippen molar-refractivity contribution in [3.05, 3.63) is 59.2 Å². The van der Waals surface area contributed by atoms with Crippen LogP contribution in [0.2, 0.25) is 0 Å². The van der Waals surface area contributed by atoms with Gasteiger partial charge in [-0.1, -0.05) is 24.3 Å². The molecular formula is C18H19NOS. The van der Waals surface area contributed by atoms with Gasteiger partial charge in [-0.25, -0.2) is 0 Å². The second kappa shape index (κ2) is 5.39. The second-order valence-corrected chi connectivity index (χ2v) is 6.70. The maximum atomic E-state index is 5.46. The van der Waals surface area contributed by atoms with Crippen molar-refractivity contribution in [2.24, 2.45) is 0 Å². The van der Waals surface area contributed by atoms with E-state index in [1.54, 1.807) is 7.11 Å². The Hall–Kier alpha value is -1.45. The SMILES string of the molecule is COc1ccc2c(c1)[C@@H](N1CCC1)c1ccccc1CS2. The van der Waals surface area contributed by atoms with E-state index in [0.29, 0.717) is 6.04 Å². The van der Waals surface area contributed by atoms with Crippen LogP contribution in [0.1, 0.15) is 29.2 Å². The van der Waals surface area contributed by atoms with Crippen LogP contribution in [0.15, 0.2) is 47.4 Å². The van der Waals surface area contributed by atoms with Crippen LogP contribution < -0.4 is 4.74 Å². The summed E-state index contributed by atoms with van der Waals surface area (Å²) in [4.78, 5) is 3.98. The van der Waals surface area contributed by atoms with Crippen molar-refractivity contribution >= 4 is 11.8 Å². The number of likely N-dealkylation sites (tertiary alicyclic amines) is 1. The normalized spacial score (nSPS) is 20.9. The fourth-order valence-corrected chi connectivity index (χ4v) is 4.32. The number of thioether (sulfide) groups is 1. The van der Waals surface area contributed by atoms with E-state index < -0.39 is 0 Å². The minimum absolute atomic E-state index is 0.384. The van der Waals surface area contributed by atoms with Gasteiger partial charge < -0.3 is 4.74 Å². The van der Waals surface area contributed by atoms with Gasteiger partial charge in [0, 0.05) is 23.7 Å². The summed E-state index contributed by atoms with van der Waals surface area (Å²) in [5, 5.41) is 0. The smallest absolute Gasteiger partial charge is 0.119 e. The maximum absolute atomic E-state index is 5.46. The molecule has 21 heavy (non-hydrogen) atoms. The molecule has 0 spiro atoms. The number of ether oxygens (including phenoxy) is 1. The average molecular weight is 297 g/mol. The van der Waals surface area contributed by atoms with Crippen LogP contribution in [0, 0.1) is 0 Å². The number of hydrogen-bond acceptors (Lipinski definition) is 3. The molecule has 0 aliphatic carbocycles. The number of hydrogen-bond donors (Lipinski definition) is 0. The Balaban J connectivity index is 1.89. The lowest BCUT2D eigenvalue weighted by molar-refractivity contribution is 0.138. The fourth-order valence-electron chi connectivity index (χ4n) is 3.25. The molecule has 2 heterocycles. The van der Waals surface area contributed by atoms with Gasteiger partial charge in [-0.3, -0.25) is 4.90 Å². The Bertz CT molecular complexity index is 666. The van der Waals surface area contributed by atoms with Crippen LogP contribution in [0.3, 0.4) is 0 Å². The molecule has 2 aliphatic rings. The summed E-state index contributed by atoms with van der Waals surface area (Å²) in [6, 6.07) is 15.8. The van der Waals surface area contributed by atoms with Crippen LogP contribution >= 0.6 is 11.8 Å². The molecule has 108 valence electrons. The van der Waals surface area contributed by atoms with Crippen molar-refractivity contribution in [3.63, 3.8) is 0 Å². The van der Waals surface area contributed by atoms with Crippen LogP contribution in [0.25, 0.3) is 0 Å². The fraction of sp³-hybridized carbons (Fsp3) is 0.333. The lowest BCUT2D eigenvalue weighted by Crippen LogP contribution is -2.41. The first-order chi connectivity index (χ1) is 10.4. The minimum atomic E-state index is 0.384. The Morgan fingerprint density at radius 1 is 1.10 bits per heavy atom. The lowest BCUT2D eigenvalue weighted by Gasteiger charge is -2.39. The van der Waals surface area contributed by atoms with E-state index in [-0.39, 0.29) is 0 Å². The first-order valence-electron chi connectivity index (χ1n) is 7.49. The molecule has 2 aromatic carbocycles. The molecule has 0 saturated carbocycles. The van der Waals surface area contributed by atoms with E-state index in [9.17, 15) is 0 Å². The Labute approximate surface area is 130 Å². The zero-order chi connectivity index (χ0) is 14.2. The molecule has 1 atom stereocenters. The zero-order valence-corrected chi connectivity index (χ0v) is 13.0. The molecule has 1 fully saturated rings. The Kier molecular flexibility index (Phi) is 3.40. The first-order valence-corrected chi connectivity index (χ1v) is 8.48. The van der Waals surface area contributed by atoms with Crippen molar-refractivity contribution in [1.29, 1.82) is 0 Å². The first kappa shape index (κ1) is 13.2. The Morgan fingerprint density at radius 3 is 2.71 bits per heavy atom. The Morgan fingerprint density at radius 2 is 1.95 bits per heavy atom. The van der Waals surface area contributed by atoms with Crippen molar-refractivity contribution in [1.82, 2.24) is 4.90 Å². The molecule has 2 aliphatic heterocycles. The molecule has 3 heteroatoms. The lowest BCUT2D eigenvalue weighted by atomic mass is 9.91.